The van der Waals surface area contributed by atoms with Crippen LogP contribution in [0.1, 0.15) is 48.0 Å². The van der Waals surface area contributed by atoms with Gasteiger partial charge in [0.1, 0.15) is 12.2 Å². The van der Waals surface area contributed by atoms with E-state index in [-0.39, 0.29) is 23.3 Å². The minimum absolute atomic E-state index is 0.0588. The Morgan fingerprint density at radius 2 is 1.76 bits per heavy atom. The molecule has 1 aliphatic rings. The molecule has 144 valence electrons. The van der Waals surface area contributed by atoms with Gasteiger partial charge in [0.2, 0.25) is 11.8 Å². The second-order valence-electron chi connectivity index (χ2n) is 8.21. The van der Waals surface area contributed by atoms with E-state index in [9.17, 15) is 14.4 Å². The maximum atomic E-state index is 12.2. The predicted octanol–water partition coefficient (Wildman–Crippen LogP) is 2.32. The van der Waals surface area contributed by atoms with Gasteiger partial charge in [0, 0.05) is 20.9 Å². The number of amides is 2. The summed E-state index contributed by atoms with van der Waals surface area (Å²) in [5.74, 6) is -0.806. The molecule has 1 rings (SSSR count). The van der Waals surface area contributed by atoms with E-state index in [1.54, 1.807) is 14.0 Å². The lowest BCUT2D eigenvalue weighted by Crippen LogP contribution is -2.56. The summed E-state index contributed by atoms with van der Waals surface area (Å²) in [6, 6.07) is -0.488. The number of hydrogen-bond acceptors (Lipinski definition) is 5. The number of esters is 1. The molecule has 0 bridgehead atoms. The fourth-order valence-corrected chi connectivity index (χ4v) is 4.16. The molecule has 1 heterocycles. The van der Waals surface area contributed by atoms with E-state index in [4.69, 9.17) is 9.16 Å². The molecule has 1 saturated heterocycles. The Labute approximate surface area is 151 Å². The van der Waals surface area contributed by atoms with E-state index in [1.807, 2.05) is 0 Å². The molecule has 2 amide bonds. The van der Waals surface area contributed by atoms with Crippen LogP contribution in [0.4, 0.5) is 0 Å². The standard InChI is InChI=1S/C17H32N2O5Si/c1-11(23-13(3)21)16(24-25(8,9)17(4,5)6)14-10-15(22)18(7)19(14)12(2)20/h11,14,16H,10H2,1-9H3/t11-,14+,16-/m0/s1. The van der Waals surface area contributed by atoms with Crippen LogP contribution < -0.4 is 0 Å². The summed E-state index contributed by atoms with van der Waals surface area (Å²) in [7, 11) is -0.644. The third-order valence-electron chi connectivity index (χ3n) is 5.14. The quantitative estimate of drug-likeness (QED) is 0.547. The molecule has 25 heavy (non-hydrogen) atoms. The Bertz CT molecular complexity index is 544. The van der Waals surface area contributed by atoms with Crippen molar-refractivity contribution in [2.45, 2.75) is 84.3 Å². The van der Waals surface area contributed by atoms with Gasteiger partial charge in [-0.3, -0.25) is 19.4 Å². The smallest absolute Gasteiger partial charge is 0.302 e. The van der Waals surface area contributed by atoms with Gasteiger partial charge in [-0.2, -0.15) is 0 Å². The average molecular weight is 373 g/mol. The van der Waals surface area contributed by atoms with Gasteiger partial charge in [-0.05, 0) is 25.1 Å². The predicted molar refractivity (Wildman–Crippen MR) is 97.0 cm³/mol. The zero-order valence-corrected chi connectivity index (χ0v) is 17.9. The molecule has 0 spiro atoms. The van der Waals surface area contributed by atoms with Gasteiger partial charge in [0.05, 0.1) is 12.5 Å². The summed E-state index contributed by atoms with van der Waals surface area (Å²) in [4.78, 5) is 35.8. The van der Waals surface area contributed by atoms with E-state index in [2.05, 4.69) is 33.9 Å². The van der Waals surface area contributed by atoms with Crippen LogP contribution in [-0.2, 0) is 23.5 Å². The Morgan fingerprint density at radius 1 is 1.24 bits per heavy atom. The van der Waals surface area contributed by atoms with Crippen molar-refractivity contribution in [3.05, 3.63) is 0 Å². The fourth-order valence-electron chi connectivity index (χ4n) is 2.77. The number of hydrogen-bond donors (Lipinski definition) is 0. The first-order chi connectivity index (χ1) is 11.2. The second kappa shape index (κ2) is 7.45. The lowest BCUT2D eigenvalue weighted by Gasteiger charge is -2.43. The third kappa shape index (κ3) is 4.82. The molecule has 0 aromatic carbocycles. The largest absolute Gasteiger partial charge is 0.460 e. The Balaban J connectivity index is 3.24. The number of ether oxygens (including phenoxy) is 1. The van der Waals surface area contributed by atoms with E-state index in [0.29, 0.717) is 0 Å². The summed E-state index contributed by atoms with van der Waals surface area (Å²) in [5, 5.41) is 2.69. The van der Waals surface area contributed by atoms with Crippen molar-refractivity contribution in [3.8, 4) is 0 Å². The van der Waals surface area contributed by atoms with E-state index in [0.717, 1.165) is 0 Å². The van der Waals surface area contributed by atoms with Crippen LogP contribution in [0, 0.1) is 0 Å². The van der Waals surface area contributed by atoms with Gasteiger partial charge in [-0.15, -0.1) is 0 Å². The lowest BCUT2D eigenvalue weighted by atomic mass is 10.0. The maximum absolute atomic E-state index is 12.2. The zero-order valence-electron chi connectivity index (χ0n) is 16.9. The van der Waals surface area contributed by atoms with E-state index >= 15 is 0 Å². The SMILES string of the molecule is CC(=O)O[C@@H](C)[C@H](O[Si](C)(C)C(C)(C)C)[C@H]1CC(=O)N(C)N1C(C)=O. The van der Waals surface area contributed by atoms with Gasteiger partial charge in [0.25, 0.3) is 0 Å². The molecule has 7 nitrogen and oxygen atoms in total. The van der Waals surface area contributed by atoms with Gasteiger partial charge in [0.15, 0.2) is 8.32 Å². The van der Waals surface area contributed by atoms with Gasteiger partial charge in [-0.25, -0.2) is 5.01 Å². The number of carbonyl (C=O) groups excluding carboxylic acids is 3. The molecule has 0 aliphatic carbocycles. The Hall–Kier alpha value is -1.41. The Morgan fingerprint density at radius 3 is 2.16 bits per heavy atom. The first kappa shape index (κ1) is 21.6. The van der Waals surface area contributed by atoms with Gasteiger partial charge in [-0.1, -0.05) is 20.8 Å². The van der Waals surface area contributed by atoms with Crippen molar-refractivity contribution in [1.29, 1.82) is 0 Å². The highest BCUT2D eigenvalue weighted by molar-refractivity contribution is 6.74. The molecular weight excluding hydrogens is 340 g/mol. The third-order valence-corrected chi connectivity index (χ3v) is 9.61. The summed E-state index contributed by atoms with van der Waals surface area (Å²) in [5.41, 5.74) is 0. The first-order valence-electron chi connectivity index (χ1n) is 8.60. The molecule has 3 atom stereocenters. The molecule has 0 N–H and O–H groups in total. The van der Waals surface area contributed by atoms with Crippen molar-refractivity contribution in [2.75, 3.05) is 7.05 Å². The summed E-state index contributed by atoms with van der Waals surface area (Å²) >= 11 is 0. The number of hydrazine groups is 1. The second-order valence-corrected chi connectivity index (χ2v) is 13.0. The summed E-state index contributed by atoms with van der Waals surface area (Å²) in [6.07, 6.45) is -0.985. The molecular formula is C17H32N2O5Si. The highest BCUT2D eigenvalue weighted by atomic mass is 28.4. The molecule has 0 unspecified atom stereocenters. The molecule has 1 aliphatic heterocycles. The van der Waals surface area contributed by atoms with Crippen LogP contribution in [0.2, 0.25) is 18.1 Å². The van der Waals surface area contributed by atoms with E-state index in [1.165, 1.54) is 23.9 Å². The van der Waals surface area contributed by atoms with Gasteiger partial charge >= 0.3 is 5.97 Å². The van der Waals surface area contributed by atoms with E-state index < -0.39 is 32.5 Å². The normalized spacial score (nSPS) is 21.3. The van der Waals surface area contributed by atoms with Crippen molar-refractivity contribution >= 4 is 26.1 Å². The highest BCUT2D eigenvalue weighted by Gasteiger charge is 2.49. The first-order valence-corrected chi connectivity index (χ1v) is 11.5. The van der Waals surface area contributed by atoms with Crippen molar-refractivity contribution in [3.63, 3.8) is 0 Å². The number of nitrogens with zero attached hydrogens (tertiary/aromatic N) is 2. The lowest BCUT2D eigenvalue weighted by molar-refractivity contribution is -0.161. The van der Waals surface area contributed by atoms with Gasteiger partial charge < -0.3 is 9.16 Å². The minimum atomic E-state index is -2.22. The maximum Gasteiger partial charge on any atom is 0.302 e. The number of rotatable bonds is 5. The van der Waals surface area contributed by atoms with Crippen molar-refractivity contribution in [2.24, 2.45) is 0 Å². The van der Waals surface area contributed by atoms with Crippen LogP contribution in [-0.4, -0.2) is 61.4 Å². The molecule has 0 radical (unpaired) electrons. The van der Waals surface area contributed by atoms with Crippen LogP contribution >= 0.6 is 0 Å². The minimum Gasteiger partial charge on any atom is -0.460 e. The van der Waals surface area contributed by atoms with Crippen LogP contribution in [0.5, 0.6) is 0 Å². The number of carbonyl (C=O) groups is 3. The molecule has 0 saturated carbocycles. The monoisotopic (exact) mass is 372 g/mol. The van der Waals surface area contributed by atoms with Crippen molar-refractivity contribution < 1.29 is 23.5 Å². The van der Waals surface area contributed by atoms with Crippen LogP contribution in [0.15, 0.2) is 0 Å². The topological polar surface area (TPSA) is 76.2 Å². The summed E-state index contributed by atoms with van der Waals surface area (Å²) in [6.45, 7) is 15.0. The van der Waals surface area contributed by atoms with Crippen LogP contribution in [0.3, 0.4) is 0 Å². The highest BCUT2D eigenvalue weighted by Crippen LogP contribution is 2.39. The Kier molecular flexibility index (Phi) is 6.45. The van der Waals surface area contributed by atoms with Crippen molar-refractivity contribution in [1.82, 2.24) is 10.0 Å². The summed E-state index contributed by atoms with van der Waals surface area (Å²) < 4.78 is 11.9. The zero-order chi connectivity index (χ0) is 19.7. The molecule has 8 heteroatoms. The molecule has 0 aromatic rings. The molecule has 0 aromatic heterocycles. The van der Waals surface area contributed by atoms with Crippen LogP contribution in [0.25, 0.3) is 0 Å². The fraction of sp³-hybridized carbons (Fsp3) is 0.824. The average Bonchev–Trinajstić information content (AvgIpc) is 2.69. The molecule has 1 fully saturated rings.